The van der Waals surface area contributed by atoms with Gasteiger partial charge in [-0.25, -0.2) is 0 Å². The Morgan fingerprint density at radius 3 is 2.31 bits per heavy atom. The molecule has 0 spiro atoms. The molecule has 0 atom stereocenters. The molecule has 0 fully saturated rings. The molecule has 2 amide bonds. The summed E-state index contributed by atoms with van der Waals surface area (Å²) in [4.78, 5) is 27.6. The number of benzene rings is 2. The predicted octanol–water partition coefficient (Wildman–Crippen LogP) is 3.13. The van der Waals surface area contributed by atoms with E-state index in [1.807, 2.05) is 73.5 Å². The van der Waals surface area contributed by atoms with Crippen molar-refractivity contribution in [2.75, 3.05) is 25.5 Å². The third kappa shape index (κ3) is 6.33. The molecule has 5 heteroatoms. The second-order valence-corrected chi connectivity index (χ2v) is 6.44. The van der Waals surface area contributed by atoms with Gasteiger partial charge in [-0.2, -0.15) is 0 Å². The molecule has 1 N–H and O–H groups in total. The number of likely N-dealkylation sites (N-methyl/N-ethyl adjacent to an activating group) is 1. The Hall–Kier alpha value is -2.66. The first-order chi connectivity index (χ1) is 12.5. The normalized spacial score (nSPS) is 10.6. The maximum atomic E-state index is 12.3. The SMILES string of the molecule is CCN(Cc1cccc(NC(=O)CN(C)Cc2ccccc2)c1)C(C)=O. The second kappa shape index (κ2) is 9.73. The molecular formula is C21H27N3O2. The zero-order valence-electron chi connectivity index (χ0n) is 15.7. The fourth-order valence-electron chi connectivity index (χ4n) is 2.81. The Kier molecular flexibility index (Phi) is 7.36. The van der Waals surface area contributed by atoms with E-state index in [0.29, 0.717) is 19.6 Å². The average molecular weight is 353 g/mol. The van der Waals surface area contributed by atoms with Crippen LogP contribution in [0, 0.1) is 0 Å². The van der Waals surface area contributed by atoms with Gasteiger partial charge >= 0.3 is 0 Å². The molecule has 0 aliphatic rings. The van der Waals surface area contributed by atoms with Gasteiger partial charge in [0.2, 0.25) is 11.8 Å². The van der Waals surface area contributed by atoms with Crippen molar-refractivity contribution in [1.82, 2.24) is 9.80 Å². The van der Waals surface area contributed by atoms with Gasteiger partial charge in [-0.15, -0.1) is 0 Å². The van der Waals surface area contributed by atoms with Crippen LogP contribution in [0.5, 0.6) is 0 Å². The molecule has 5 nitrogen and oxygen atoms in total. The molecule has 2 aromatic rings. The average Bonchev–Trinajstić information content (AvgIpc) is 2.60. The van der Waals surface area contributed by atoms with Gasteiger partial charge in [-0.05, 0) is 37.2 Å². The maximum absolute atomic E-state index is 12.3. The molecule has 26 heavy (non-hydrogen) atoms. The minimum atomic E-state index is -0.0560. The van der Waals surface area contributed by atoms with E-state index < -0.39 is 0 Å². The van der Waals surface area contributed by atoms with E-state index in [0.717, 1.165) is 17.8 Å². The number of rotatable bonds is 8. The molecule has 0 heterocycles. The lowest BCUT2D eigenvalue weighted by Crippen LogP contribution is -2.30. The fourth-order valence-corrected chi connectivity index (χ4v) is 2.81. The van der Waals surface area contributed by atoms with Gasteiger partial charge in [0.15, 0.2) is 0 Å². The largest absolute Gasteiger partial charge is 0.339 e. The highest BCUT2D eigenvalue weighted by Crippen LogP contribution is 2.13. The van der Waals surface area contributed by atoms with Crippen LogP contribution in [0.4, 0.5) is 5.69 Å². The van der Waals surface area contributed by atoms with Crippen molar-refractivity contribution in [3.8, 4) is 0 Å². The first-order valence-electron chi connectivity index (χ1n) is 8.84. The van der Waals surface area contributed by atoms with Gasteiger partial charge in [-0.1, -0.05) is 42.5 Å². The molecule has 2 aromatic carbocycles. The minimum absolute atomic E-state index is 0.0458. The van der Waals surface area contributed by atoms with Crippen LogP contribution in [-0.2, 0) is 22.7 Å². The number of hydrogen-bond donors (Lipinski definition) is 1. The lowest BCUT2D eigenvalue weighted by atomic mass is 10.2. The van der Waals surface area contributed by atoms with Crippen molar-refractivity contribution >= 4 is 17.5 Å². The minimum Gasteiger partial charge on any atom is -0.339 e. The van der Waals surface area contributed by atoms with E-state index in [2.05, 4.69) is 5.32 Å². The van der Waals surface area contributed by atoms with Crippen molar-refractivity contribution in [1.29, 1.82) is 0 Å². The van der Waals surface area contributed by atoms with Crippen LogP contribution in [0.25, 0.3) is 0 Å². The van der Waals surface area contributed by atoms with Crippen molar-refractivity contribution in [3.63, 3.8) is 0 Å². The van der Waals surface area contributed by atoms with Crippen LogP contribution in [0.15, 0.2) is 54.6 Å². The summed E-state index contributed by atoms with van der Waals surface area (Å²) in [6.07, 6.45) is 0. The third-order valence-electron chi connectivity index (χ3n) is 4.12. The molecule has 0 unspecified atom stereocenters. The van der Waals surface area contributed by atoms with Crippen LogP contribution < -0.4 is 5.32 Å². The third-order valence-corrected chi connectivity index (χ3v) is 4.12. The van der Waals surface area contributed by atoms with Crippen LogP contribution >= 0.6 is 0 Å². The van der Waals surface area contributed by atoms with Crippen molar-refractivity contribution < 1.29 is 9.59 Å². The van der Waals surface area contributed by atoms with Crippen molar-refractivity contribution in [2.24, 2.45) is 0 Å². The van der Waals surface area contributed by atoms with Crippen LogP contribution in [0.2, 0.25) is 0 Å². The van der Waals surface area contributed by atoms with Gasteiger partial charge in [0.05, 0.1) is 6.54 Å². The van der Waals surface area contributed by atoms with Crippen LogP contribution in [0.1, 0.15) is 25.0 Å². The number of amides is 2. The number of hydrogen-bond acceptors (Lipinski definition) is 3. The zero-order chi connectivity index (χ0) is 18.9. The number of anilines is 1. The first-order valence-corrected chi connectivity index (χ1v) is 8.84. The lowest BCUT2D eigenvalue weighted by Gasteiger charge is -2.19. The van der Waals surface area contributed by atoms with E-state index in [9.17, 15) is 9.59 Å². The Balaban J connectivity index is 1.90. The van der Waals surface area contributed by atoms with Crippen molar-refractivity contribution in [3.05, 3.63) is 65.7 Å². The summed E-state index contributed by atoms with van der Waals surface area (Å²) in [5.74, 6) is -0.0102. The highest BCUT2D eigenvalue weighted by Gasteiger charge is 2.10. The molecule has 0 aliphatic heterocycles. The Labute approximate surface area is 155 Å². The second-order valence-electron chi connectivity index (χ2n) is 6.44. The van der Waals surface area contributed by atoms with E-state index in [4.69, 9.17) is 0 Å². The van der Waals surface area contributed by atoms with Gasteiger partial charge in [0, 0.05) is 32.2 Å². The lowest BCUT2D eigenvalue weighted by molar-refractivity contribution is -0.129. The number of nitrogens with one attached hydrogen (secondary N) is 1. The van der Waals surface area contributed by atoms with Crippen molar-refractivity contribution in [2.45, 2.75) is 26.9 Å². The number of carbonyl (C=O) groups is 2. The zero-order valence-corrected chi connectivity index (χ0v) is 15.7. The number of nitrogens with zero attached hydrogens (tertiary/aromatic N) is 2. The Morgan fingerprint density at radius 2 is 1.65 bits per heavy atom. The van der Waals surface area contributed by atoms with E-state index in [-0.39, 0.29) is 11.8 Å². The summed E-state index contributed by atoms with van der Waals surface area (Å²) in [5, 5.41) is 2.94. The number of carbonyl (C=O) groups excluding carboxylic acids is 2. The summed E-state index contributed by atoms with van der Waals surface area (Å²) in [5.41, 5.74) is 2.92. The molecular weight excluding hydrogens is 326 g/mol. The molecule has 0 aliphatic carbocycles. The molecule has 0 saturated heterocycles. The predicted molar refractivity (Wildman–Crippen MR) is 105 cm³/mol. The highest BCUT2D eigenvalue weighted by atomic mass is 16.2. The summed E-state index contributed by atoms with van der Waals surface area (Å²) in [6.45, 7) is 5.76. The molecule has 2 rings (SSSR count). The van der Waals surface area contributed by atoms with Gasteiger partial charge < -0.3 is 10.2 Å². The summed E-state index contributed by atoms with van der Waals surface area (Å²) < 4.78 is 0. The summed E-state index contributed by atoms with van der Waals surface area (Å²) in [7, 11) is 1.93. The molecule has 0 radical (unpaired) electrons. The van der Waals surface area contributed by atoms with Crippen LogP contribution in [-0.4, -0.2) is 41.8 Å². The van der Waals surface area contributed by atoms with Gasteiger partial charge in [-0.3, -0.25) is 14.5 Å². The monoisotopic (exact) mass is 353 g/mol. The molecule has 0 saturated carbocycles. The standard InChI is InChI=1S/C21H27N3O2/c1-4-24(17(2)25)15-19-11-8-12-20(13-19)22-21(26)16-23(3)14-18-9-6-5-7-10-18/h5-13H,4,14-16H2,1-3H3,(H,22,26). The molecule has 0 bridgehead atoms. The van der Waals surface area contributed by atoms with E-state index in [1.54, 1.807) is 11.8 Å². The summed E-state index contributed by atoms with van der Waals surface area (Å²) >= 11 is 0. The Bertz CT molecular complexity index is 731. The van der Waals surface area contributed by atoms with E-state index >= 15 is 0 Å². The Morgan fingerprint density at radius 1 is 0.962 bits per heavy atom. The van der Waals surface area contributed by atoms with Gasteiger partial charge in [0.25, 0.3) is 0 Å². The van der Waals surface area contributed by atoms with E-state index in [1.165, 1.54) is 5.56 Å². The molecule has 0 aromatic heterocycles. The maximum Gasteiger partial charge on any atom is 0.238 e. The smallest absolute Gasteiger partial charge is 0.238 e. The first kappa shape index (κ1) is 19.7. The topological polar surface area (TPSA) is 52.7 Å². The molecule has 138 valence electrons. The summed E-state index contributed by atoms with van der Waals surface area (Å²) in [6, 6.07) is 17.7. The van der Waals surface area contributed by atoms with Crippen LogP contribution in [0.3, 0.4) is 0 Å². The quantitative estimate of drug-likeness (QED) is 0.793. The highest BCUT2D eigenvalue weighted by molar-refractivity contribution is 5.92. The van der Waals surface area contributed by atoms with Gasteiger partial charge in [0.1, 0.15) is 0 Å². The fraction of sp³-hybridized carbons (Fsp3) is 0.333.